The zero-order valence-corrected chi connectivity index (χ0v) is 8.42. The van der Waals surface area contributed by atoms with Crippen LogP contribution in [0.5, 0.6) is 0 Å². The van der Waals surface area contributed by atoms with Crippen molar-refractivity contribution in [3.8, 4) is 0 Å². The summed E-state index contributed by atoms with van der Waals surface area (Å²) in [5, 5.41) is 0.532. The van der Waals surface area contributed by atoms with Crippen molar-refractivity contribution in [3.63, 3.8) is 0 Å². The summed E-state index contributed by atoms with van der Waals surface area (Å²) in [5.74, 6) is 0.389. The molecule has 1 rings (SSSR count). The molecular formula is C9H12ClN3. The monoisotopic (exact) mass is 197 g/mol. The van der Waals surface area contributed by atoms with E-state index in [2.05, 4.69) is 9.98 Å². The molecule has 0 amide bonds. The van der Waals surface area contributed by atoms with Gasteiger partial charge in [0.15, 0.2) is 0 Å². The van der Waals surface area contributed by atoms with Crippen molar-refractivity contribution in [3.05, 3.63) is 29.0 Å². The summed E-state index contributed by atoms with van der Waals surface area (Å²) in [5.41, 5.74) is 6.25. The smallest absolute Gasteiger partial charge is 0.146 e. The average molecular weight is 198 g/mol. The van der Waals surface area contributed by atoms with Crippen LogP contribution >= 0.6 is 11.6 Å². The molecule has 4 heteroatoms. The molecule has 0 spiro atoms. The van der Waals surface area contributed by atoms with Gasteiger partial charge in [-0.1, -0.05) is 11.6 Å². The van der Waals surface area contributed by atoms with Gasteiger partial charge in [-0.15, -0.1) is 0 Å². The van der Waals surface area contributed by atoms with E-state index in [-0.39, 0.29) is 6.04 Å². The summed E-state index contributed by atoms with van der Waals surface area (Å²) < 4.78 is 0. The van der Waals surface area contributed by atoms with Crippen LogP contribution in [-0.4, -0.2) is 16.9 Å². The van der Waals surface area contributed by atoms with Gasteiger partial charge in [-0.2, -0.15) is 0 Å². The normalized spacial score (nSPS) is 12.2. The zero-order chi connectivity index (χ0) is 9.84. The Hall–Kier alpha value is -1.09. The zero-order valence-electron chi connectivity index (χ0n) is 7.66. The molecule has 3 nitrogen and oxygen atoms in total. The number of hydrogen-bond donors (Lipinski definition) is 1. The predicted octanol–water partition coefficient (Wildman–Crippen LogP) is 1.85. The fourth-order valence-corrected chi connectivity index (χ4v) is 1.13. The summed E-state index contributed by atoms with van der Waals surface area (Å²) >= 11 is 5.88. The van der Waals surface area contributed by atoms with Crippen molar-refractivity contribution < 1.29 is 0 Å². The van der Waals surface area contributed by atoms with Crippen molar-refractivity contribution in [2.45, 2.75) is 19.9 Å². The Morgan fingerprint density at radius 1 is 1.62 bits per heavy atom. The maximum Gasteiger partial charge on any atom is 0.146 e. The van der Waals surface area contributed by atoms with E-state index in [9.17, 15) is 0 Å². The highest BCUT2D eigenvalue weighted by Crippen LogP contribution is 2.11. The molecule has 0 aliphatic rings. The Morgan fingerprint density at radius 2 is 2.31 bits per heavy atom. The molecule has 0 aromatic carbocycles. The van der Waals surface area contributed by atoms with Crippen LogP contribution in [-0.2, 0) is 0 Å². The van der Waals surface area contributed by atoms with Crippen LogP contribution in [0.25, 0.3) is 0 Å². The van der Waals surface area contributed by atoms with Gasteiger partial charge in [-0.25, -0.2) is 0 Å². The van der Waals surface area contributed by atoms with Gasteiger partial charge in [-0.05, 0) is 26.0 Å². The summed E-state index contributed by atoms with van der Waals surface area (Å²) in [6.07, 6.45) is 1.64. The second kappa shape index (κ2) is 4.23. The topological polar surface area (TPSA) is 51.3 Å². The second-order valence-electron chi connectivity index (χ2n) is 2.94. The SMILES string of the molecule is CC(C)N=C(N)c1ncccc1Cl. The molecule has 1 aromatic heterocycles. The highest BCUT2D eigenvalue weighted by atomic mass is 35.5. The molecular weight excluding hydrogens is 186 g/mol. The first kappa shape index (κ1) is 9.99. The average Bonchev–Trinajstić information content (AvgIpc) is 2.03. The van der Waals surface area contributed by atoms with Gasteiger partial charge in [0.2, 0.25) is 0 Å². The number of halogens is 1. The van der Waals surface area contributed by atoms with Gasteiger partial charge in [-0.3, -0.25) is 9.98 Å². The van der Waals surface area contributed by atoms with Gasteiger partial charge in [0.25, 0.3) is 0 Å². The molecule has 2 N–H and O–H groups in total. The summed E-state index contributed by atoms with van der Waals surface area (Å²) in [4.78, 5) is 8.20. The maximum atomic E-state index is 5.88. The van der Waals surface area contributed by atoms with E-state index in [4.69, 9.17) is 17.3 Å². The van der Waals surface area contributed by atoms with Gasteiger partial charge in [0.1, 0.15) is 11.5 Å². The molecule has 0 bridgehead atoms. The van der Waals surface area contributed by atoms with E-state index >= 15 is 0 Å². The van der Waals surface area contributed by atoms with Crippen molar-refractivity contribution in [2.24, 2.45) is 10.7 Å². The van der Waals surface area contributed by atoms with Crippen molar-refractivity contribution in [1.29, 1.82) is 0 Å². The second-order valence-corrected chi connectivity index (χ2v) is 3.35. The van der Waals surface area contributed by atoms with E-state index in [1.165, 1.54) is 0 Å². The van der Waals surface area contributed by atoms with E-state index < -0.39 is 0 Å². The third-order valence-electron chi connectivity index (χ3n) is 1.40. The molecule has 0 saturated carbocycles. The van der Waals surface area contributed by atoms with Crippen molar-refractivity contribution in [1.82, 2.24) is 4.98 Å². The van der Waals surface area contributed by atoms with Crippen LogP contribution in [0.3, 0.4) is 0 Å². The minimum atomic E-state index is 0.151. The van der Waals surface area contributed by atoms with Gasteiger partial charge >= 0.3 is 0 Å². The number of nitrogens with zero attached hydrogens (tertiary/aromatic N) is 2. The van der Waals surface area contributed by atoms with Gasteiger partial charge < -0.3 is 5.73 Å². The first-order valence-corrected chi connectivity index (χ1v) is 4.43. The third kappa shape index (κ3) is 2.70. The lowest BCUT2D eigenvalue weighted by atomic mass is 10.3. The fraction of sp³-hybridized carbons (Fsp3) is 0.333. The minimum Gasteiger partial charge on any atom is -0.382 e. The van der Waals surface area contributed by atoms with Crippen LogP contribution in [0, 0.1) is 0 Å². The number of pyridine rings is 1. The highest BCUT2D eigenvalue weighted by molar-refractivity contribution is 6.33. The predicted molar refractivity (Wildman–Crippen MR) is 55.1 cm³/mol. The number of aliphatic imine (C=N–C) groups is 1. The lowest BCUT2D eigenvalue weighted by Crippen LogP contribution is -2.17. The first-order valence-electron chi connectivity index (χ1n) is 4.05. The largest absolute Gasteiger partial charge is 0.382 e. The number of rotatable bonds is 2. The van der Waals surface area contributed by atoms with Crippen LogP contribution in [0.4, 0.5) is 0 Å². The summed E-state index contributed by atoms with van der Waals surface area (Å²) in [7, 11) is 0. The van der Waals surface area contributed by atoms with Crippen LogP contribution in [0.15, 0.2) is 23.3 Å². The molecule has 0 unspecified atom stereocenters. The molecule has 0 saturated heterocycles. The Balaban J connectivity index is 3.02. The minimum absolute atomic E-state index is 0.151. The van der Waals surface area contributed by atoms with Gasteiger partial charge in [0, 0.05) is 12.2 Å². The summed E-state index contributed by atoms with van der Waals surface area (Å²) in [6, 6.07) is 3.65. The Labute approximate surface area is 82.6 Å². The molecule has 0 atom stereocenters. The molecule has 0 radical (unpaired) electrons. The fourth-order valence-electron chi connectivity index (χ4n) is 0.913. The molecule has 0 aliphatic carbocycles. The standard InChI is InChI=1S/C9H12ClN3/c1-6(2)13-9(11)8-7(10)4-3-5-12-8/h3-6H,1-2H3,(H2,11,13). The highest BCUT2D eigenvalue weighted by Gasteiger charge is 2.05. The lowest BCUT2D eigenvalue weighted by Gasteiger charge is -2.03. The molecule has 1 heterocycles. The van der Waals surface area contributed by atoms with Crippen molar-refractivity contribution in [2.75, 3.05) is 0 Å². The molecule has 0 fully saturated rings. The first-order chi connectivity index (χ1) is 6.11. The Kier molecular flexibility index (Phi) is 3.25. The Bertz CT molecular complexity index is 320. The maximum absolute atomic E-state index is 5.88. The van der Waals surface area contributed by atoms with E-state index in [0.717, 1.165) is 0 Å². The number of nitrogens with two attached hydrogens (primary N) is 1. The molecule has 0 aliphatic heterocycles. The Morgan fingerprint density at radius 3 is 2.85 bits per heavy atom. The molecule has 13 heavy (non-hydrogen) atoms. The summed E-state index contributed by atoms with van der Waals surface area (Å²) in [6.45, 7) is 3.90. The number of aromatic nitrogens is 1. The van der Waals surface area contributed by atoms with Gasteiger partial charge in [0.05, 0.1) is 5.02 Å². The van der Waals surface area contributed by atoms with Crippen LogP contribution in [0.2, 0.25) is 5.02 Å². The van der Waals surface area contributed by atoms with Crippen molar-refractivity contribution >= 4 is 17.4 Å². The van der Waals surface area contributed by atoms with E-state index in [1.807, 2.05) is 13.8 Å². The third-order valence-corrected chi connectivity index (χ3v) is 1.70. The van der Waals surface area contributed by atoms with E-state index in [0.29, 0.717) is 16.6 Å². The lowest BCUT2D eigenvalue weighted by molar-refractivity contribution is 0.833. The number of amidine groups is 1. The van der Waals surface area contributed by atoms with E-state index in [1.54, 1.807) is 18.3 Å². The quantitative estimate of drug-likeness (QED) is 0.581. The molecule has 70 valence electrons. The molecule has 1 aromatic rings. The van der Waals surface area contributed by atoms with Crippen LogP contribution < -0.4 is 5.73 Å². The number of hydrogen-bond acceptors (Lipinski definition) is 2. The van der Waals surface area contributed by atoms with Crippen LogP contribution in [0.1, 0.15) is 19.5 Å².